The van der Waals surface area contributed by atoms with Gasteiger partial charge in [-0.2, -0.15) is 0 Å². The van der Waals surface area contributed by atoms with Crippen molar-refractivity contribution in [2.75, 3.05) is 26.9 Å². The maximum absolute atomic E-state index is 5.25. The molecule has 0 amide bonds. The number of hydrogen-bond donors (Lipinski definition) is 1. The smallest absolute Gasteiger partial charge is 0.118 e. The van der Waals surface area contributed by atoms with Gasteiger partial charge in [0.15, 0.2) is 0 Å². The highest BCUT2D eigenvalue weighted by Gasteiger charge is 2.33. The lowest BCUT2D eigenvalue weighted by molar-refractivity contribution is -0.0999. The number of methoxy groups -OCH3 is 1. The Kier molecular flexibility index (Phi) is 3.69. The largest absolute Gasteiger partial charge is 0.497 e. The van der Waals surface area contributed by atoms with Crippen LogP contribution in [0.3, 0.4) is 0 Å². The average Bonchev–Trinajstić information content (AvgIpc) is 2.33. The molecule has 0 aromatic heterocycles. The molecule has 1 atom stereocenters. The first-order valence-corrected chi connectivity index (χ1v) is 6.08. The van der Waals surface area contributed by atoms with Crippen molar-refractivity contribution < 1.29 is 9.47 Å². The molecule has 2 rings (SSSR count). The fourth-order valence-corrected chi connectivity index (χ4v) is 1.96. The van der Waals surface area contributed by atoms with E-state index in [1.807, 2.05) is 12.1 Å². The zero-order chi connectivity index (χ0) is 12.3. The summed E-state index contributed by atoms with van der Waals surface area (Å²) in [5, 5.41) is 3.56. The summed E-state index contributed by atoms with van der Waals surface area (Å²) in [5.74, 6) is 0.903. The van der Waals surface area contributed by atoms with Gasteiger partial charge in [0.05, 0.1) is 20.3 Å². The highest BCUT2D eigenvalue weighted by molar-refractivity contribution is 5.28. The Bertz CT molecular complexity index is 357. The van der Waals surface area contributed by atoms with E-state index in [4.69, 9.17) is 9.47 Å². The molecule has 0 bridgehead atoms. The molecule has 1 aliphatic heterocycles. The van der Waals surface area contributed by atoms with E-state index in [1.165, 1.54) is 5.56 Å². The molecule has 3 heteroatoms. The van der Waals surface area contributed by atoms with Gasteiger partial charge in [0.1, 0.15) is 5.75 Å². The van der Waals surface area contributed by atoms with Gasteiger partial charge in [-0.05, 0) is 24.6 Å². The molecule has 1 heterocycles. The first-order valence-electron chi connectivity index (χ1n) is 6.08. The van der Waals surface area contributed by atoms with Crippen molar-refractivity contribution in [2.45, 2.75) is 19.9 Å². The molecule has 1 aromatic carbocycles. The van der Waals surface area contributed by atoms with Gasteiger partial charge in [0.2, 0.25) is 0 Å². The van der Waals surface area contributed by atoms with E-state index >= 15 is 0 Å². The Morgan fingerprint density at radius 1 is 1.35 bits per heavy atom. The van der Waals surface area contributed by atoms with Crippen LogP contribution in [-0.4, -0.2) is 26.9 Å². The molecule has 1 fully saturated rings. The fourth-order valence-electron chi connectivity index (χ4n) is 1.96. The summed E-state index contributed by atoms with van der Waals surface area (Å²) in [5.41, 5.74) is 1.61. The normalized spacial score (nSPS) is 19.5. The molecular formula is C14H21NO2. The quantitative estimate of drug-likeness (QED) is 0.850. The first-order chi connectivity index (χ1) is 8.13. The maximum atomic E-state index is 5.25. The van der Waals surface area contributed by atoms with E-state index in [1.54, 1.807) is 7.11 Å². The molecule has 94 valence electrons. The highest BCUT2D eigenvalue weighted by Crippen LogP contribution is 2.26. The van der Waals surface area contributed by atoms with E-state index in [0.29, 0.717) is 11.5 Å². The Balaban J connectivity index is 1.87. The second kappa shape index (κ2) is 5.07. The predicted molar refractivity (Wildman–Crippen MR) is 68.3 cm³/mol. The molecular weight excluding hydrogens is 214 g/mol. The van der Waals surface area contributed by atoms with Crippen molar-refractivity contribution in [2.24, 2.45) is 5.41 Å². The van der Waals surface area contributed by atoms with Crippen molar-refractivity contribution >= 4 is 0 Å². The lowest BCUT2D eigenvalue weighted by Crippen LogP contribution is -2.47. The van der Waals surface area contributed by atoms with Crippen LogP contribution in [-0.2, 0) is 4.74 Å². The third-order valence-corrected chi connectivity index (χ3v) is 3.35. The fraction of sp³-hybridized carbons (Fsp3) is 0.571. The standard InChI is InChI=1S/C14H21NO2/c1-11(15-8-14(2)9-17-10-14)12-4-6-13(16-3)7-5-12/h4-7,11,15H,8-10H2,1-3H3/t11-/m1/s1. The van der Waals surface area contributed by atoms with Crippen molar-refractivity contribution in [3.63, 3.8) is 0 Å². The first kappa shape index (κ1) is 12.4. The monoisotopic (exact) mass is 235 g/mol. The maximum Gasteiger partial charge on any atom is 0.118 e. The van der Waals surface area contributed by atoms with Crippen molar-refractivity contribution in [1.82, 2.24) is 5.32 Å². The topological polar surface area (TPSA) is 30.5 Å². The van der Waals surface area contributed by atoms with E-state index in [9.17, 15) is 0 Å². The Labute approximate surface area is 103 Å². The third-order valence-electron chi connectivity index (χ3n) is 3.35. The number of hydrogen-bond acceptors (Lipinski definition) is 3. The van der Waals surface area contributed by atoms with Gasteiger partial charge >= 0.3 is 0 Å². The molecule has 1 saturated heterocycles. The lowest BCUT2D eigenvalue weighted by atomic mass is 9.88. The summed E-state index contributed by atoms with van der Waals surface area (Å²) in [7, 11) is 1.69. The zero-order valence-electron chi connectivity index (χ0n) is 10.8. The van der Waals surface area contributed by atoms with E-state index in [2.05, 4.69) is 31.3 Å². The molecule has 1 aromatic rings. The van der Waals surface area contributed by atoms with Crippen LogP contribution in [0.15, 0.2) is 24.3 Å². The number of nitrogens with one attached hydrogen (secondary N) is 1. The van der Waals surface area contributed by atoms with Crippen LogP contribution in [0.2, 0.25) is 0 Å². The van der Waals surface area contributed by atoms with Gasteiger partial charge < -0.3 is 14.8 Å². The minimum absolute atomic E-state index is 0.320. The molecule has 1 N–H and O–H groups in total. The Morgan fingerprint density at radius 2 is 2.00 bits per heavy atom. The molecule has 1 aliphatic rings. The molecule has 0 spiro atoms. The number of rotatable bonds is 5. The summed E-state index contributed by atoms with van der Waals surface area (Å²) in [6.07, 6.45) is 0. The minimum atomic E-state index is 0.320. The van der Waals surface area contributed by atoms with Crippen LogP contribution in [0.1, 0.15) is 25.5 Å². The molecule has 0 aliphatic carbocycles. The molecule has 0 radical (unpaired) electrons. The van der Waals surface area contributed by atoms with Gasteiger partial charge in [0.25, 0.3) is 0 Å². The van der Waals surface area contributed by atoms with E-state index < -0.39 is 0 Å². The summed E-state index contributed by atoms with van der Waals surface area (Å²) >= 11 is 0. The van der Waals surface area contributed by atoms with E-state index in [-0.39, 0.29) is 0 Å². The van der Waals surface area contributed by atoms with Gasteiger partial charge in [-0.1, -0.05) is 19.1 Å². The van der Waals surface area contributed by atoms with Crippen LogP contribution in [0.5, 0.6) is 5.75 Å². The van der Waals surface area contributed by atoms with Gasteiger partial charge in [-0.15, -0.1) is 0 Å². The molecule has 0 saturated carbocycles. The van der Waals surface area contributed by atoms with Gasteiger partial charge in [0, 0.05) is 18.0 Å². The van der Waals surface area contributed by atoms with Crippen molar-refractivity contribution in [1.29, 1.82) is 0 Å². The summed E-state index contributed by atoms with van der Waals surface area (Å²) in [6.45, 7) is 7.18. The molecule has 17 heavy (non-hydrogen) atoms. The SMILES string of the molecule is COc1ccc([C@@H](C)NCC2(C)COC2)cc1. The summed E-state index contributed by atoms with van der Waals surface area (Å²) < 4.78 is 10.4. The summed E-state index contributed by atoms with van der Waals surface area (Å²) in [6, 6.07) is 8.58. The second-order valence-corrected chi connectivity index (χ2v) is 5.18. The number of benzene rings is 1. The van der Waals surface area contributed by atoms with Crippen LogP contribution < -0.4 is 10.1 Å². The van der Waals surface area contributed by atoms with Crippen molar-refractivity contribution in [3.8, 4) is 5.75 Å². The Morgan fingerprint density at radius 3 is 2.47 bits per heavy atom. The van der Waals surface area contributed by atoms with Crippen LogP contribution >= 0.6 is 0 Å². The molecule has 3 nitrogen and oxygen atoms in total. The summed E-state index contributed by atoms with van der Waals surface area (Å²) in [4.78, 5) is 0. The highest BCUT2D eigenvalue weighted by atomic mass is 16.5. The third kappa shape index (κ3) is 2.99. The predicted octanol–water partition coefficient (Wildman–Crippen LogP) is 2.38. The lowest BCUT2D eigenvalue weighted by Gasteiger charge is -2.39. The molecule has 0 unspecified atom stereocenters. The van der Waals surface area contributed by atoms with Crippen LogP contribution in [0.4, 0.5) is 0 Å². The van der Waals surface area contributed by atoms with Crippen molar-refractivity contribution in [3.05, 3.63) is 29.8 Å². The average molecular weight is 235 g/mol. The van der Waals surface area contributed by atoms with E-state index in [0.717, 1.165) is 25.5 Å². The zero-order valence-corrected chi connectivity index (χ0v) is 10.8. The Hall–Kier alpha value is -1.06. The second-order valence-electron chi connectivity index (χ2n) is 5.18. The van der Waals surface area contributed by atoms with Crippen LogP contribution in [0, 0.1) is 5.41 Å². The minimum Gasteiger partial charge on any atom is -0.497 e. The van der Waals surface area contributed by atoms with Crippen LogP contribution in [0.25, 0.3) is 0 Å². The van der Waals surface area contributed by atoms with Gasteiger partial charge in [-0.25, -0.2) is 0 Å². The van der Waals surface area contributed by atoms with Gasteiger partial charge in [-0.3, -0.25) is 0 Å². The number of ether oxygens (including phenoxy) is 2.